The zero-order valence-electron chi connectivity index (χ0n) is 19.2. The molecule has 2 heterocycles. The number of carboxylic acids is 4. The zero-order valence-corrected chi connectivity index (χ0v) is 19.2. The Labute approximate surface area is 198 Å². The van der Waals surface area contributed by atoms with Crippen LogP contribution in [0.3, 0.4) is 0 Å². The van der Waals surface area contributed by atoms with Crippen LogP contribution in [0.2, 0.25) is 0 Å². The molecular formula is C24H32N2O8. The van der Waals surface area contributed by atoms with Crippen molar-refractivity contribution >= 4 is 23.9 Å². The average molecular weight is 477 g/mol. The number of carbonyl (C=O) groups is 4. The number of carboxylic acid groups (broad SMARTS) is 4. The number of piperidine rings is 1. The second kappa shape index (κ2) is 15.4. The van der Waals surface area contributed by atoms with Crippen LogP contribution >= 0.6 is 0 Å². The van der Waals surface area contributed by atoms with Gasteiger partial charge in [0, 0.05) is 43.9 Å². The number of aliphatic carboxylic acids is 4. The summed E-state index contributed by atoms with van der Waals surface area (Å²) in [7, 11) is 2.24. The van der Waals surface area contributed by atoms with Gasteiger partial charge in [0.2, 0.25) is 0 Å². The summed E-state index contributed by atoms with van der Waals surface area (Å²) in [6, 6.07) is 8.95. The first-order valence-corrected chi connectivity index (χ1v) is 10.8. The summed E-state index contributed by atoms with van der Waals surface area (Å²) in [5.41, 5.74) is 3.12. The van der Waals surface area contributed by atoms with Gasteiger partial charge in [-0.05, 0) is 56.4 Å². The third kappa shape index (κ3) is 13.1. The molecule has 4 N–H and O–H groups in total. The molecule has 1 fully saturated rings. The monoisotopic (exact) mass is 476 g/mol. The molecule has 0 saturated carbocycles. The number of likely N-dealkylation sites (tertiary alicyclic amines) is 1. The Kier molecular flexibility index (Phi) is 12.9. The molecule has 186 valence electrons. The van der Waals surface area contributed by atoms with Crippen LogP contribution in [0.5, 0.6) is 0 Å². The van der Waals surface area contributed by atoms with Gasteiger partial charge in [0.25, 0.3) is 0 Å². The molecule has 34 heavy (non-hydrogen) atoms. The van der Waals surface area contributed by atoms with Gasteiger partial charge < -0.3 is 25.3 Å². The topological polar surface area (TPSA) is 156 Å². The number of rotatable bonds is 6. The van der Waals surface area contributed by atoms with Crippen LogP contribution in [0.25, 0.3) is 0 Å². The molecule has 1 aromatic carbocycles. The highest BCUT2D eigenvalue weighted by Crippen LogP contribution is 2.22. The number of benzene rings is 1. The molecule has 0 unspecified atom stereocenters. The fourth-order valence-corrected chi connectivity index (χ4v) is 3.60. The van der Waals surface area contributed by atoms with Crippen molar-refractivity contribution in [3.05, 3.63) is 59.7 Å². The summed E-state index contributed by atoms with van der Waals surface area (Å²) < 4.78 is 0. The maximum absolute atomic E-state index is 9.55. The maximum atomic E-state index is 9.55. The fraction of sp³-hybridized carbons (Fsp3) is 0.417. The summed E-state index contributed by atoms with van der Waals surface area (Å²) in [6.07, 6.45) is 6.24. The Hall–Kier alpha value is -3.50. The molecule has 2 aliphatic rings. The van der Waals surface area contributed by atoms with Crippen LogP contribution in [-0.2, 0) is 32.1 Å². The first-order valence-electron chi connectivity index (χ1n) is 10.8. The van der Waals surface area contributed by atoms with E-state index in [1.165, 1.54) is 52.0 Å². The SMILES string of the molecule is CN1CCC(CN2CCc3ccccc3C2)CC1.O=C(O)C=CC(=O)O.O=C(O)C=CC(=O)O. The number of hydrogen-bond acceptors (Lipinski definition) is 6. The first-order chi connectivity index (χ1) is 16.1. The smallest absolute Gasteiger partial charge is 0.328 e. The molecule has 0 aromatic heterocycles. The zero-order chi connectivity index (χ0) is 25.5. The van der Waals surface area contributed by atoms with Crippen molar-refractivity contribution < 1.29 is 39.6 Å². The van der Waals surface area contributed by atoms with Gasteiger partial charge >= 0.3 is 23.9 Å². The average Bonchev–Trinajstić information content (AvgIpc) is 2.79. The van der Waals surface area contributed by atoms with Gasteiger partial charge in [-0.3, -0.25) is 4.90 Å². The van der Waals surface area contributed by atoms with Crippen LogP contribution in [0.1, 0.15) is 24.0 Å². The highest BCUT2D eigenvalue weighted by Gasteiger charge is 2.22. The third-order valence-corrected chi connectivity index (χ3v) is 5.30. The van der Waals surface area contributed by atoms with Gasteiger partial charge in [-0.25, -0.2) is 19.2 Å². The largest absolute Gasteiger partial charge is 0.478 e. The Morgan fingerprint density at radius 1 is 0.794 bits per heavy atom. The van der Waals surface area contributed by atoms with E-state index in [1.54, 1.807) is 11.1 Å². The van der Waals surface area contributed by atoms with Gasteiger partial charge in [0.15, 0.2) is 0 Å². The predicted octanol–water partition coefficient (Wildman–Crippen LogP) is 1.81. The molecule has 0 aliphatic carbocycles. The lowest BCUT2D eigenvalue weighted by atomic mass is 9.94. The lowest BCUT2D eigenvalue weighted by Gasteiger charge is -2.35. The lowest BCUT2D eigenvalue weighted by Crippen LogP contribution is -2.39. The van der Waals surface area contributed by atoms with E-state index in [4.69, 9.17) is 20.4 Å². The summed E-state index contributed by atoms with van der Waals surface area (Å²) in [5.74, 6) is -4.11. The third-order valence-electron chi connectivity index (χ3n) is 5.30. The molecule has 0 radical (unpaired) electrons. The van der Waals surface area contributed by atoms with Crippen LogP contribution in [0.4, 0.5) is 0 Å². The standard InChI is InChI=1S/C16H24N2.2C4H4O4/c1-17-9-6-14(7-10-17)12-18-11-8-15-4-2-3-5-16(15)13-18;2*5-3(6)1-2-4(7)8/h2-5,14H,6-13H2,1H3;2*1-2H,(H,5,6)(H,7,8). The van der Waals surface area contributed by atoms with Gasteiger partial charge in [0.05, 0.1) is 0 Å². The van der Waals surface area contributed by atoms with E-state index in [0.717, 1.165) is 5.92 Å². The molecule has 0 amide bonds. The van der Waals surface area contributed by atoms with Crippen molar-refractivity contribution in [2.45, 2.75) is 25.8 Å². The molecule has 0 spiro atoms. The molecule has 0 bridgehead atoms. The van der Waals surface area contributed by atoms with Crippen molar-refractivity contribution in [2.75, 3.05) is 33.2 Å². The van der Waals surface area contributed by atoms with Crippen molar-refractivity contribution in [2.24, 2.45) is 5.92 Å². The summed E-state index contributed by atoms with van der Waals surface area (Å²) in [5, 5.41) is 31.2. The van der Waals surface area contributed by atoms with E-state index in [2.05, 4.69) is 41.1 Å². The molecule has 10 heteroatoms. The van der Waals surface area contributed by atoms with Crippen LogP contribution in [0.15, 0.2) is 48.6 Å². The van der Waals surface area contributed by atoms with Crippen molar-refractivity contribution in [3.63, 3.8) is 0 Å². The van der Waals surface area contributed by atoms with Crippen LogP contribution < -0.4 is 0 Å². The second-order valence-electron chi connectivity index (χ2n) is 8.02. The lowest BCUT2D eigenvalue weighted by molar-refractivity contribution is -0.134. The Morgan fingerprint density at radius 2 is 1.24 bits per heavy atom. The number of hydrogen-bond donors (Lipinski definition) is 4. The van der Waals surface area contributed by atoms with E-state index in [-0.39, 0.29) is 0 Å². The second-order valence-corrected chi connectivity index (χ2v) is 8.02. The molecule has 0 atom stereocenters. The van der Waals surface area contributed by atoms with E-state index >= 15 is 0 Å². The highest BCUT2D eigenvalue weighted by atomic mass is 16.4. The predicted molar refractivity (Wildman–Crippen MR) is 124 cm³/mol. The summed E-state index contributed by atoms with van der Waals surface area (Å²) in [4.78, 5) is 43.3. The molecule has 10 nitrogen and oxygen atoms in total. The number of fused-ring (bicyclic) bond motifs is 1. The van der Waals surface area contributed by atoms with Crippen molar-refractivity contribution in [1.82, 2.24) is 9.80 Å². The minimum atomic E-state index is -1.26. The van der Waals surface area contributed by atoms with E-state index in [0.29, 0.717) is 24.3 Å². The molecule has 1 saturated heterocycles. The Balaban J connectivity index is 0.000000304. The highest BCUT2D eigenvalue weighted by molar-refractivity contribution is 5.90. The van der Waals surface area contributed by atoms with Gasteiger partial charge in [-0.15, -0.1) is 0 Å². The molecular weight excluding hydrogens is 444 g/mol. The first kappa shape index (κ1) is 28.5. The van der Waals surface area contributed by atoms with Crippen molar-refractivity contribution in [1.29, 1.82) is 0 Å². The summed E-state index contributed by atoms with van der Waals surface area (Å²) in [6.45, 7) is 6.30. The molecule has 3 rings (SSSR count). The van der Waals surface area contributed by atoms with E-state index in [1.807, 2.05) is 0 Å². The van der Waals surface area contributed by atoms with Gasteiger partial charge in [0.1, 0.15) is 0 Å². The van der Waals surface area contributed by atoms with E-state index < -0.39 is 23.9 Å². The van der Waals surface area contributed by atoms with Gasteiger partial charge in [-0.2, -0.15) is 0 Å². The minimum absolute atomic E-state index is 0.558. The quantitative estimate of drug-likeness (QED) is 0.447. The molecule has 2 aliphatic heterocycles. The Bertz CT molecular complexity index is 823. The Morgan fingerprint density at radius 3 is 1.68 bits per heavy atom. The van der Waals surface area contributed by atoms with E-state index in [9.17, 15) is 19.2 Å². The van der Waals surface area contributed by atoms with Gasteiger partial charge in [-0.1, -0.05) is 24.3 Å². The summed E-state index contributed by atoms with van der Waals surface area (Å²) >= 11 is 0. The minimum Gasteiger partial charge on any atom is -0.478 e. The molecule has 1 aromatic rings. The maximum Gasteiger partial charge on any atom is 0.328 e. The fourth-order valence-electron chi connectivity index (χ4n) is 3.60. The number of nitrogens with zero attached hydrogens (tertiary/aromatic N) is 2. The normalized spacial score (nSPS) is 16.6. The van der Waals surface area contributed by atoms with Crippen LogP contribution in [0, 0.1) is 5.92 Å². The van der Waals surface area contributed by atoms with Crippen molar-refractivity contribution in [3.8, 4) is 0 Å². The van der Waals surface area contributed by atoms with Crippen LogP contribution in [-0.4, -0.2) is 87.3 Å².